The number of nitrogens with zero attached hydrogens (tertiary/aromatic N) is 2. The Bertz CT molecular complexity index is 1510. The molecule has 0 N–H and O–H groups in total. The largest absolute Gasteiger partial charge is 0.264 e. The maximum Gasteiger partial charge on any atom is 0.0346 e. The molecule has 0 radical (unpaired) electrons. The number of pyridine rings is 2. The highest BCUT2D eigenvalue weighted by Crippen LogP contribution is 2.40. The summed E-state index contributed by atoms with van der Waals surface area (Å²) in [7, 11) is 0. The summed E-state index contributed by atoms with van der Waals surface area (Å²) < 4.78 is 0. The summed E-state index contributed by atoms with van der Waals surface area (Å²) in [5, 5.41) is 4.98. The number of hydrogen-bond donors (Lipinski definition) is 0. The van der Waals surface area contributed by atoms with E-state index in [1.807, 2.05) is 36.9 Å². The van der Waals surface area contributed by atoms with Crippen LogP contribution in [0.3, 0.4) is 0 Å². The summed E-state index contributed by atoms with van der Waals surface area (Å²) in [6.07, 6.45) is 7.47. The number of rotatable bonds is 3. The second kappa shape index (κ2) is 7.99. The lowest BCUT2D eigenvalue weighted by atomic mass is 9.88. The van der Waals surface area contributed by atoms with Gasteiger partial charge in [-0.2, -0.15) is 0 Å². The Balaban J connectivity index is 1.67. The van der Waals surface area contributed by atoms with Crippen LogP contribution in [0.5, 0.6) is 0 Å². The fourth-order valence-corrected chi connectivity index (χ4v) is 4.70. The molecular formula is C31H22N2. The second-order valence-corrected chi connectivity index (χ2v) is 8.42. The molecule has 0 saturated carbocycles. The van der Waals surface area contributed by atoms with E-state index < -0.39 is 0 Å². The molecule has 6 aromatic rings. The van der Waals surface area contributed by atoms with Gasteiger partial charge in [-0.1, -0.05) is 60.7 Å². The van der Waals surface area contributed by atoms with E-state index in [4.69, 9.17) is 0 Å². The molecular weight excluding hydrogens is 400 g/mol. The summed E-state index contributed by atoms with van der Waals surface area (Å²) in [4.78, 5) is 8.61. The standard InChI is InChI=1S/C31H22N2/c1-21-6-2-3-9-28(21)31-29-12-10-22(24-7-4-14-32-19-24)16-26(29)18-27-17-23(11-13-30(27)31)25-8-5-15-33-20-25/h2-20H,1H3. The Morgan fingerprint density at radius 2 is 1.09 bits per heavy atom. The molecule has 2 heteroatoms. The van der Waals surface area contributed by atoms with Crippen molar-refractivity contribution in [3.8, 4) is 33.4 Å². The molecule has 2 aromatic heterocycles. The van der Waals surface area contributed by atoms with Crippen molar-refractivity contribution in [2.75, 3.05) is 0 Å². The Labute approximate surface area is 193 Å². The van der Waals surface area contributed by atoms with E-state index in [9.17, 15) is 0 Å². The van der Waals surface area contributed by atoms with Gasteiger partial charge < -0.3 is 0 Å². The SMILES string of the molecule is Cc1ccccc1-c1c2ccc(-c3cccnc3)cc2cc2cc(-c3cccnc3)ccc12. The van der Waals surface area contributed by atoms with Crippen molar-refractivity contribution in [3.63, 3.8) is 0 Å². The average Bonchev–Trinajstić information content (AvgIpc) is 2.88. The molecule has 0 unspecified atom stereocenters. The van der Waals surface area contributed by atoms with Gasteiger partial charge in [0.1, 0.15) is 0 Å². The van der Waals surface area contributed by atoms with E-state index in [2.05, 4.69) is 95.8 Å². The Kier molecular flexibility index (Phi) is 4.70. The molecule has 0 atom stereocenters. The van der Waals surface area contributed by atoms with Crippen LogP contribution in [0, 0.1) is 6.92 Å². The highest BCUT2D eigenvalue weighted by Gasteiger charge is 2.13. The van der Waals surface area contributed by atoms with E-state index in [-0.39, 0.29) is 0 Å². The van der Waals surface area contributed by atoms with Crippen molar-refractivity contribution in [1.29, 1.82) is 0 Å². The third kappa shape index (κ3) is 3.46. The van der Waals surface area contributed by atoms with Crippen LogP contribution in [0.4, 0.5) is 0 Å². The lowest BCUT2D eigenvalue weighted by Gasteiger charge is -2.16. The molecule has 0 aliphatic rings. The minimum absolute atomic E-state index is 1.13. The van der Waals surface area contributed by atoms with Crippen molar-refractivity contribution >= 4 is 21.5 Å². The Morgan fingerprint density at radius 1 is 0.515 bits per heavy atom. The molecule has 6 rings (SSSR count). The number of hydrogen-bond acceptors (Lipinski definition) is 2. The molecule has 0 saturated heterocycles. The lowest BCUT2D eigenvalue weighted by Crippen LogP contribution is -1.90. The summed E-state index contributed by atoms with van der Waals surface area (Å²) >= 11 is 0. The molecule has 0 aliphatic carbocycles. The zero-order chi connectivity index (χ0) is 22.2. The monoisotopic (exact) mass is 422 g/mol. The van der Waals surface area contributed by atoms with E-state index in [1.165, 1.54) is 49.4 Å². The third-order valence-corrected chi connectivity index (χ3v) is 6.36. The topological polar surface area (TPSA) is 25.8 Å². The van der Waals surface area contributed by atoms with Crippen molar-refractivity contribution in [2.24, 2.45) is 0 Å². The second-order valence-electron chi connectivity index (χ2n) is 8.42. The van der Waals surface area contributed by atoms with Gasteiger partial charge in [-0.3, -0.25) is 9.97 Å². The van der Waals surface area contributed by atoms with Crippen LogP contribution < -0.4 is 0 Å². The van der Waals surface area contributed by atoms with Gasteiger partial charge in [0.25, 0.3) is 0 Å². The summed E-state index contributed by atoms with van der Waals surface area (Å²) in [6, 6.07) is 32.6. The highest BCUT2D eigenvalue weighted by molar-refractivity contribution is 6.14. The van der Waals surface area contributed by atoms with E-state index in [0.717, 1.165) is 11.1 Å². The zero-order valence-corrected chi connectivity index (χ0v) is 18.4. The van der Waals surface area contributed by atoms with Gasteiger partial charge in [0.15, 0.2) is 0 Å². The van der Waals surface area contributed by atoms with Crippen LogP contribution >= 0.6 is 0 Å². The molecule has 0 aliphatic heterocycles. The molecule has 0 amide bonds. The van der Waals surface area contributed by atoms with Crippen LogP contribution in [0.15, 0.2) is 116 Å². The normalized spacial score (nSPS) is 11.2. The Morgan fingerprint density at radius 3 is 1.61 bits per heavy atom. The zero-order valence-electron chi connectivity index (χ0n) is 18.4. The van der Waals surface area contributed by atoms with E-state index in [0.29, 0.717) is 0 Å². The third-order valence-electron chi connectivity index (χ3n) is 6.36. The molecule has 0 fully saturated rings. The van der Waals surface area contributed by atoms with Crippen LogP contribution in [-0.4, -0.2) is 9.97 Å². The maximum atomic E-state index is 4.31. The van der Waals surface area contributed by atoms with Crippen molar-refractivity contribution < 1.29 is 0 Å². The van der Waals surface area contributed by atoms with Crippen LogP contribution in [-0.2, 0) is 0 Å². The predicted molar refractivity (Wildman–Crippen MR) is 138 cm³/mol. The first kappa shape index (κ1) is 19.4. The maximum absolute atomic E-state index is 4.31. The van der Waals surface area contributed by atoms with E-state index in [1.54, 1.807) is 0 Å². The number of aryl methyl sites for hydroxylation is 1. The number of fused-ring (bicyclic) bond motifs is 2. The fourth-order valence-electron chi connectivity index (χ4n) is 4.70. The Hall–Kier alpha value is -4.30. The van der Waals surface area contributed by atoms with Crippen molar-refractivity contribution in [1.82, 2.24) is 9.97 Å². The van der Waals surface area contributed by atoms with Gasteiger partial charge in [-0.05, 0) is 86.6 Å². The molecule has 0 bridgehead atoms. The summed E-state index contributed by atoms with van der Waals surface area (Å²) in [6.45, 7) is 2.19. The summed E-state index contributed by atoms with van der Waals surface area (Å²) in [5.41, 5.74) is 8.44. The van der Waals surface area contributed by atoms with Gasteiger partial charge in [0, 0.05) is 35.9 Å². The average molecular weight is 423 g/mol. The van der Waals surface area contributed by atoms with Crippen LogP contribution in [0.25, 0.3) is 54.9 Å². The van der Waals surface area contributed by atoms with Gasteiger partial charge in [0.05, 0.1) is 0 Å². The quantitative estimate of drug-likeness (QED) is 0.269. The number of benzene rings is 4. The number of aromatic nitrogens is 2. The first-order chi connectivity index (χ1) is 16.3. The summed E-state index contributed by atoms with van der Waals surface area (Å²) in [5.74, 6) is 0. The molecule has 2 nitrogen and oxygen atoms in total. The molecule has 2 heterocycles. The minimum atomic E-state index is 1.13. The lowest BCUT2D eigenvalue weighted by molar-refractivity contribution is 1.33. The van der Waals surface area contributed by atoms with Crippen LogP contribution in [0.1, 0.15) is 5.56 Å². The predicted octanol–water partition coefficient (Wildman–Crippen LogP) is 8.09. The molecule has 33 heavy (non-hydrogen) atoms. The van der Waals surface area contributed by atoms with Gasteiger partial charge in [-0.25, -0.2) is 0 Å². The first-order valence-corrected chi connectivity index (χ1v) is 11.2. The minimum Gasteiger partial charge on any atom is -0.264 e. The molecule has 156 valence electrons. The van der Waals surface area contributed by atoms with Gasteiger partial charge in [-0.15, -0.1) is 0 Å². The van der Waals surface area contributed by atoms with Crippen molar-refractivity contribution in [3.05, 3.63) is 121 Å². The fraction of sp³-hybridized carbons (Fsp3) is 0.0323. The molecule has 0 spiro atoms. The first-order valence-electron chi connectivity index (χ1n) is 11.2. The van der Waals surface area contributed by atoms with Crippen molar-refractivity contribution in [2.45, 2.75) is 6.92 Å². The van der Waals surface area contributed by atoms with E-state index >= 15 is 0 Å². The van der Waals surface area contributed by atoms with Gasteiger partial charge in [0.2, 0.25) is 0 Å². The molecule has 4 aromatic carbocycles. The smallest absolute Gasteiger partial charge is 0.0346 e. The highest BCUT2D eigenvalue weighted by atomic mass is 14.6. The van der Waals surface area contributed by atoms with Gasteiger partial charge >= 0.3 is 0 Å². The van der Waals surface area contributed by atoms with Crippen LogP contribution in [0.2, 0.25) is 0 Å².